The van der Waals surface area contributed by atoms with E-state index in [1.54, 1.807) is 0 Å². The highest BCUT2D eigenvalue weighted by Gasteiger charge is 2.30. The molecule has 4 aromatic rings. The van der Waals surface area contributed by atoms with Gasteiger partial charge >= 0.3 is 6.18 Å². The molecule has 0 spiro atoms. The number of aromatic nitrogens is 3. The number of nitrogens with zero attached hydrogens (tertiary/aromatic N) is 4. The summed E-state index contributed by atoms with van der Waals surface area (Å²) in [6, 6.07) is 14.6. The molecule has 8 heteroatoms. The maximum Gasteiger partial charge on any atom is 0.416 e. The topological polar surface area (TPSA) is 35.1 Å². The van der Waals surface area contributed by atoms with E-state index in [9.17, 15) is 13.2 Å². The zero-order valence-corrected chi connectivity index (χ0v) is 18.1. The van der Waals surface area contributed by atoms with Crippen molar-refractivity contribution in [2.45, 2.75) is 32.0 Å². The van der Waals surface area contributed by atoms with Crippen LogP contribution in [0.4, 0.5) is 18.9 Å². The van der Waals surface area contributed by atoms with Crippen molar-refractivity contribution < 1.29 is 13.2 Å². The Kier molecular flexibility index (Phi) is 5.08. The largest absolute Gasteiger partial charge is 0.416 e. The second-order valence-corrected chi connectivity index (χ2v) is 8.39. The third-order valence-corrected chi connectivity index (χ3v) is 6.10. The van der Waals surface area contributed by atoms with Crippen molar-refractivity contribution in [1.82, 2.24) is 14.1 Å². The molecule has 164 valence electrons. The number of hydrogen-bond acceptors (Lipinski definition) is 2. The first-order chi connectivity index (χ1) is 15.3. The molecule has 0 saturated heterocycles. The molecule has 2 aromatic carbocycles. The summed E-state index contributed by atoms with van der Waals surface area (Å²) in [7, 11) is 1.96. The molecule has 0 atom stereocenters. The van der Waals surface area contributed by atoms with E-state index in [0.717, 1.165) is 71.5 Å². The highest BCUT2D eigenvalue weighted by atomic mass is 35.5. The highest BCUT2D eigenvalue weighted by molar-refractivity contribution is 6.30. The van der Waals surface area contributed by atoms with E-state index in [1.807, 2.05) is 41.9 Å². The van der Waals surface area contributed by atoms with Crippen molar-refractivity contribution in [3.05, 3.63) is 76.5 Å². The first-order valence-electron chi connectivity index (χ1n) is 10.4. The molecular weight excluding hydrogens is 437 g/mol. The average Bonchev–Trinajstić information content (AvgIpc) is 3.10. The van der Waals surface area contributed by atoms with Crippen molar-refractivity contribution in [2.24, 2.45) is 12.0 Å². The summed E-state index contributed by atoms with van der Waals surface area (Å²) in [6.07, 6.45) is -1.47. The van der Waals surface area contributed by atoms with Crippen molar-refractivity contribution in [3.8, 4) is 11.3 Å². The Morgan fingerprint density at radius 2 is 1.72 bits per heavy atom. The Bertz CT molecular complexity index is 1360. The lowest BCUT2D eigenvalue weighted by atomic mass is 10.1. The van der Waals surface area contributed by atoms with Crippen molar-refractivity contribution >= 4 is 28.3 Å². The lowest BCUT2D eigenvalue weighted by Crippen LogP contribution is -2.29. The summed E-state index contributed by atoms with van der Waals surface area (Å²) in [6.45, 7) is 0.781. The highest BCUT2D eigenvalue weighted by Crippen LogP contribution is 2.31. The number of aryl methyl sites for hydroxylation is 2. The van der Waals surface area contributed by atoms with Crippen LogP contribution in [0.2, 0.25) is 5.02 Å². The minimum atomic E-state index is -4.37. The van der Waals surface area contributed by atoms with E-state index in [4.69, 9.17) is 21.6 Å². The molecule has 0 amide bonds. The van der Waals surface area contributed by atoms with Gasteiger partial charge in [0.25, 0.3) is 0 Å². The van der Waals surface area contributed by atoms with Gasteiger partial charge in [-0.2, -0.15) is 13.2 Å². The summed E-state index contributed by atoms with van der Waals surface area (Å²) in [5.74, 6) is 0.943. The van der Waals surface area contributed by atoms with Gasteiger partial charge in [-0.05, 0) is 60.9 Å². The Morgan fingerprint density at radius 1 is 1.00 bits per heavy atom. The van der Waals surface area contributed by atoms with E-state index in [1.165, 1.54) is 12.1 Å². The second kappa shape index (κ2) is 7.81. The van der Waals surface area contributed by atoms with Gasteiger partial charge in [0.2, 0.25) is 0 Å². The van der Waals surface area contributed by atoms with Crippen LogP contribution in [0, 0.1) is 0 Å². The van der Waals surface area contributed by atoms with Crippen LogP contribution in [0.5, 0.6) is 0 Å². The Morgan fingerprint density at radius 3 is 2.41 bits per heavy atom. The molecular formula is C24H20ClF3N4. The SMILES string of the molecule is Cn1c(-c2ccc(Cl)cc2)cc2c(=Nc3ccc(C(F)(F)F)cc3)n3c(nc21)CCCC3. The van der Waals surface area contributed by atoms with Gasteiger partial charge < -0.3 is 9.13 Å². The third kappa shape index (κ3) is 3.71. The van der Waals surface area contributed by atoms with Crippen LogP contribution in [0.1, 0.15) is 24.2 Å². The number of fused-ring (bicyclic) bond motifs is 2. The summed E-state index contributed by atoms with van der Waals surface area (Å²) < 4.78 is 43.0. The molecule has 0 N–H and O–H groups in total. The summed E-state index contributed by atoms with van der Waals surface area (Å²) >= 11 is 6.05. The Labute approximate surface area is 187 Å². The van der Waals surface area contributed by atoms with Crippen LogP contribution in [0.3, 0.4) is 0 Å². The fraction of sp³-hybridized carbons (Fsp3) is 0.250. The van der Waals surface area contributed by atoms with Crippen LogP contribution in [-0.4, -0.2) is 14.1 Å². The minimum absolute atomic E-state index is 0.475. The van der Waals surface area contributed by atoms with Gasteiger partial charge in [0.1, 0.15) is 17.0 Å². The molecule has 3 heterocycles. The van der Waals surface area contributed by atoms with Crippen LogP contribution in [0.25, 0.3) is 22.3 Å². The lowest BCUT2D eigenvalue weighted by Gasteiger charge is -2.19. The molecule has 0 radical (unpaired) electrons. The molecule has 0 unspecified atom stereocenters. The van der Waals surface area contributed by atoms with Crippen molar-refractivity contribution in [2.75, 3.05) is 0 Å². The summed E-state index contributed by atoms with van der Waals surface area (Å²) in [5, 5.41) is 1.53. The second-order valence-electron chi connectivity index (χ2n) is 7.95. The van der Waals surface area contributed by atoms with E-state index in [0.29, 0.717) is 10.7 Å². The van der Waals surface area contributed by atoms with Crippen LogP contribution in [-0.2, 0) is 26.2 Å². The minimum Gasteiger partial charge on any atom is -0.328 e. The predicted octanol–water partition coefficient (Wildman–Crippen LogP) is 6.28. The maximum absolute atomic E-state index is 13.0. The lowest BCUT2D eigenvalue weighted by molar-refractivity contribution is -0.137. The van der Waals surface area contributed by atoms with Crippen LogP contribution < -0.4 is 5.49 Å². The van der Waals surface area contributed by atoms with Crippen molar-refractivity contribution in [3.63, 3.8) is 0 Å². The van der Waals surface area contributed by atoms with Crippen LogP contribution >= 0.6 is 11.6 Å². The molecule has 4 nitrogen and oxygen atoms in total. The van der Waals surface area contributed by atoms with Gasteiger partial charge in [0.15, 0.2) is 0 Å². The van der Waals surface area contributed by atoms with Gasteiger partial charge in [0, 0.05) is 25.0 Å². The molecule has 0 aliphatic carbocycles. The fourth-order valence-corrected chi connectivity index (χ4v) is 4.31. The van der Waals surface area contributed by atoms with E-state index in [2.05, 4.69) is 4.57 Å². The molecule has 0 fully saturated rings. The Balaban J connectivity index is 1.74. The summed E-state index contributed by atoms with van der Waals surface area (Å²) in [4.78, 5) is 9.71. The Hall–Kier alpha value is -3.06. The van der Waals surface area contributed by atoms with Crippen LogP contribution in [0.15, 0.2) is 59.6 Å². The van der Waals surface area contributed by atoms with Gasteiger partial charge in [-0.3, -0.25) is 0 Å². The number of halogens is 4. The fourth-order valence-electron chi connectivity index (χ4n) is 4.19. The van der Waals surface area contributed by atoms with E-state index in [-0.39, 0.29) is 0 Å². The standard InChI is InChI=1S/C24H20ClF3N4/c1-31-20(15-5-9-17(25)10-6-15)14-19-22(31)30-21-4-2-3-13-32(21)23(19)29-18-11-7-16(8-12-18)24(26,27)28/h5-12,14H,2-4,13H2,1H3. The molecule has 1 aliphatic rings. The molecule has 5 rings (SSSR count). The smallest absolute Gasteiger partial charge is 0.328 e. The third-order valence-electron chi connectivity index (χ3n) is 5.85. The normalized spacial score (nSPS) is 14.7. The number of benzene rings is 2. The zero-order chi connectivity index (χ0) is 22.5. The average molecular weight is 457 g/mol. The molecule has 2 aromatic heterocycles. The quantitative estimate of drug-likeness (QED) is 0.349. The first kappa shape index (κ1) is 20.8. The molecule has 1 aliphatic heterocycles. The number of rotatable bonds is 2. The molecule has 32 heavy (non-hydrogen) atoms. The van der Waals surface area contributed by atoms with Crippen molar-refractivity contribution in [1.29, 1.82) is 0 Å². The first-order valence-corrected chi connectivity index (χ1v) is 10.8. The maximum atomic E-state index is 13.0. The summed E-state index contributed by atoms with van der Waals surface area (Å²) in [5.41, 5.74) is 3.28. The molecule has 0 saturated carbocycles. The van der Waals surface area contributed by atoms with Gasteiger partial charge in [0.05, 0.1) is 22.3 Å². The van der Waals surface area contributed by atoms with Gasteiger partial charge in [-0.1, -0.05) is 23.7 Å². The zero-order valence-electron chi connectivity index (χ0n) is 17.3. The van der Waals surface area contributed by atoms with Gasteiger partial charge in [-0.25, -0.2) is 9.98 Å². The predicted molar refractivity (Wildman–Crippen MR) is 119 cm³/mol. The van der Waals surface area contributed by atoms with E-state index >= 15 is 0 Å². The number of hydrogen-bond donors (Lipinski definition) is 0. The van der Waals surface area contributed by atoms with Gasteiger partial charge in [-0.15, -0.1) is 0 Å². The number of alkyl halides is 3. The molecule has 0 bridgehead atoms. The van der Waals surface area contributed by atoms with E-state index < -0.39 is 11.7 Å². The monoisotopic (exact) mass is 456 g/mol.